The Morgan fingerprint density at radius 1 is 1.50 bits per heavy atom. The number of anilines is 1. The number of nitrogens with zero attached hydrogens (tertiary/aromatic N) is 1. The Morgan fingerprint density at radius 2 is 2.12 bits per heavy atom. The fourth-order valence-electron chi connectivity index (χ4n) is 1.09. The van der Waals surface area contributed by atoms with Crippen molar-refractivity contribution in [2.24, 2.45) is 0 Å². The average molecular weight is 242 g/mol. The molecule has 0 fully saturated rings. The van der Waals surface area contributed by atoms with Crippen molar-refractivity contribution in [3.05, 3.63) is 23.5 Å². The number of nitrogen functional groups attached to an aromatic ring is 1. The first-order valence-corrected chi connectivity index (χ1v) is 5.79. The van der Waals surface area contributed by atoms with Gasteiger partial charge >= 0.3 is 0 Å². The van der Waals surface area contributed by atoms with Crippen molar-refractivity contribution in [3.8, 4) is 0 Å². The van der Waals surface area contributed by atoms with Gasteiger partial charge in [0.1, 0.15) is 5.82 Å². The summed E-state index contributed by atoms with van der Waals surface area (Å²) >= 11 is 1.37. The van der Waals surface area contributed by atoms with Gasteiger partial charge in [0.15, 0.2) is 0 Å². The van der Waals surface area contributed by atoms with Crippen LogP contribution in [0.1, 0.15) is 5.56 Å². The van der Waals surface area contributed by atoms with E-state index in [0.717, 1.165) is 10.5 Å². The van der Waals surface area contributed by atoms with Crippen LogP contribution in [0.4, 0.5) is 10.1 Å². The number of hydrogen-bond donors (Lipinski definition) is 1. The normalized spacial score (nSPS) is 10.2. The van der Waals surface area contributed by atoms with Crippen LogP contribution in [0.5, 0.6) is 0 Å². The maximum Gasteiger partial charge on any atom is 0.232 e. The lowest BCUT2D eigenvalue weighted by molar-refractivity contribution is -0.125. The Balaban J connectivity index is 2.75. The van der Waals surface area contributed by atoms with Crippen molar-refractivity contribution in [3.63, 3.8) is 0 Å². The molecule has 0 saturated carbocycles. The van der Waals surface area contributed by atoms with E-state index >= 15 is 0 Å². The molecule has 0 heterocycles. The largest absolute Gasteiger partial charge is 0.396 e. The van der Waals surface area contributed by atoms with Gasteiger partial charge in [-0.3, -0.25) is 4.79 Å². The van der Waals surface area contributed by atoms with E-state index in [1.54, 1.807) is 27.1 Å². The van der Waals surface area contributed by atoms with Gasteiger partial charge < -0.3 is 10.6 Å². The predicted molar refractivity (Wildman–Crippen MR) is 65.0 cm³/mol. The Morgan fingerprint density at radius 3 is 2.69 bits per heavy atom. The van der Waals surface area contributed by atoms with Crippen LogP contribution in [0.15, 0.2) is 17.0 Å². The Kier molecular flexibility index (Phi) is 4.18. The third-order valence-corrected chi connectivity index (χ3v) is 3.29. The molecule has 0 spiro atoms. The molecular formula is C11H15FN2OS. The van der Waals surface area contributed by atoms with Crippen LogP contribution in [0.3, 0.4) is 0 Å². The first-order chi connectivity index (χ1) is 7.41. The number of benzene rings is 1. The summed E-state index contributed by atoms with van der Waals surface area (Å²) in [6, 6.07) is 2.95. The molecule has 0 aliphatic heterocycles. The molecule has 0 unspecified atom stereocenters. The van der Waals surface area contributed by atoms with Gasteiger partial charge in [-0.15, -0.1) is 11.8 Å². The summed E-state index contributed by atoms with van der Waals surface area (Å²) in [4.78, 5) is 13.7. The van der Waals surface area contributed by atoms with Crippen LogP contribution in [0.2, 0.25) is 0 Å². The fourth-order valence-corrected chi connectivity index (χ4v) is 2.13. The van der Waals surface area contributed by atoms with E-state index in [9.17, 15) is 9.18 Å². The van der Waals surface area contributed by atoms with Gasteiger partial charge in [-0.2, -0.15) is 0 Å². The van der Waals surface area contributed by atoms with Crippen molar-refractivity contribution in [1.82, 2.24) is 4.90 Å². The second-order valence-corrected chi connectivity index (χ2v) is 4.73. The van der Waals surface area contributed by atoms with Crippen LogP contribution >= 0.6 is 11.8 Å². The lowest BCUT2D eigenvalue weighted by atomic mass is 10.2. The van der Waals surface area contributed by atoms with Crippen molar-refractivity contribution < 1.29 is 9.18 Å². The van der Waals surface area contributed by atoms with Crippen LogP contribution in [0.25, 0.3) is 0 Å². The molecule has 0 bridgehead atoms. The highest BCUT2D eigenvalue weighted by Gasteiger charge is 2.09. The summed E-state index contributed by atoms with van der Waals surface area (Å²) in [5.74, 6) is -0.0630. The number of nitrogens with two attached hydrogens (primary N) is 1. The first-order valence-electron chi connectivity index (χ1n) is 4.80. The standard InChI is InChI=1S/C11H15FN2OS/c1-7-4-8(12)9(13)5-10(7)16-6-11(15)14(2)3/h4-5H,6,13H2,1-3H3. The summed E-state index contributed by atoms with van der Waals surface area (Å²) < 4.78 is 13.1. The minimum absolute atomic E-state index is 0.0206. The Bertz CT molecular complexity index is 407. The quantitative estimate of drug-likeness (QED) is 0.650. The highest BCUT2D eigenvalue weighted by Crippen LogP contribution is 2.26. The van der Waals surface area contributed by atoms with Gasteiger partial charge in [-0.1, -0.05) is 0 Å². The Labute approximate surface area is 98.8 Å². The number of carbonyl (C=O) groups is 1. The highest BCUT2D eigenvalue weighted by molar-refractivity contribution is 8.00. The van der Waals surface area contributed by atoms with Crippen LogP contribution in [-0.2, 0) is 4.79 Å². The maximum absolute atomic E-state index is 13.1. The maximum atomic E-state index is 13.1. The number of aryl methyl sites for hydroxylation is 1. The van der Waals surface area contributed by atoms with Crippen molar-refractivity contribution in [2.75, 3.05) is 25.6 Å². The monoisotopic (exact) mass is 242 g/mol. The van der Waals surface area contributed by atoms with Crippen molar-refractivity contribution in [1.29, 1.82) is 0 Å². The molecule has 5 heteroatoms. The Hall–Kier alpha value is -1.23. The summed E-state index contributed by atoms with van der Waals surface area (Å²) in [6.45, 7) is 1.80. The van der Waals surface area contributed by atoms with E-state index in [-0.39, 0.29) is 11.6 Å². The lowest BCUT2D eigenvalue weighted by Crippen LogP contribution is -2.23. The molecule has 1 rings (SSSR count). The van der Waals surface area contributed by atoms with E-state index in [2.05, 4.69) is 0 Å². The van der Waals surface area contributed by atoms with E-state index in [1.165, 1.54) is 22.7 Å². The number of hydrogen-bond acceptors (Lipinski definition) is 3. The van der Waals surface area contributed by atoms with Crippen molar-refractivity contribution >= 4 is 23.4 Å². The molecule has 0 aromatic heterocycles. The number of halogens is 1. The van der Waals surface area contributed by atoms with Gasteiger partial charge in [0, 0.05) is 19.0 Å². The molecule has 0 atom stereocenters. The van der Waals surface area contributed by atoms with Gasteiger partial charge in [-0.25, -0.2) is 4.39 Å². The lowest BCUT2D eigenvalue weighted by Gasteiger charge is -2.11. The van der Waals surface area contributed by atoms with Gasteiger partial charge in [0.25, 0.3) is 0 Å². The molecule has 3 nitrogen and oxygen atoms in total. The summed E-state index contributed by atoms with van der Waals surface area (Å²) in [6.07, 6.45) is 0. The summed E-state index contributed by atoms with van der Waals surface area (Å²) in [5.41, 5.74) is 6.38. The van der Waals surface area contributed by atoms with E-state index in [4.69, 9.17) is 5.73 Å². The molecule has 1 aromatic rings. The molecule has 16 heavy (non-hydrogen) atoms. The second kappa shape index (κ2) is 5.21. The topological polar surface area (TPSA) is 46.3 Å². The second-order valence-electron chi connectivity index (χ2n) is 3.72. The third-order valence-electron chi connectivity index (χ3n) is 2.14. The number of amides is 1. The van der Waals surface area contributed by atoms with Gasteiger partial charge in [0.2, 0.25) is 5.91 Å². The smallest absolute Gasteiger partial charge is 0.232 e. The molecular weight excluding hydrogens is 227 g/mol. The molecule has 0 radical (unpaired) electrons. The number of rotatable bonds is 3. The van der Waals surface area contributed by atoms with E-state index < -0.39 is 5.82 Å². The first kappa shape index (κ1) is 12.8. The average Bonchev–Trinajstić information content (AvgIpc) is 2.20. The van der Waals surface area contributed by atoms with Crippen molar-refractivity contribution in [2.45, 2.75) is 11.8 Å². The van der Waals surface area contributed by atoms with Crippen LogP contribution < -0.4 is 5.73 Å². The molecule has 88 valence electrons. The van der Waals surface area contributed by atoms with Gasteiger partial charge in [0.05, 0.1) is 11.4 Å². The molecule has 0 saturated heterocycles. The SMILES string of the molecule is Cc1cc(F)c(N)cc1SCC(=O)N(C)C. The fraction of sp³-hybridized carbons (Fsp3) is 0.364. The number of carbonyl (C=O) groups excluding carboxylic acids is 1. The third kappa shape index (κ3) is 3.13. The van der Waals surface area contributed by atoms with E-state index in [1.807, 2.05) is 0 Å². The molecule has 0 aliphatic rings. The molecule has 2 N–H and O–H groups in total. The zero-order valence-corrected chi connectivity index (χ0v) is 10.4. The minimum Gasteiger partial charge on any atom is -0.396 e. The highest BCUT2D eigenvalue weighted by atomic mass is 32.2. The molecule has 1 amide bonds. The zero-order valence-electron chi connectivity index (χ0n) is 9.58. The zero-order chi connectivity index (χ0) is 12.3. The molecule has 1 aromatic carbocycles. The number of thioether (sulfide) groups is 1. The van der Waals surface area contributed by atoms with Crippen LogP contribution in [0, 0.1) is 12.7 Å². The predicted octanol–water partition coefficient (Wildman–Crippen LogP) is 1.90. The van der Waals surface area contributed by atoms with E-state index in [0.29, 0.717) is 5.75 Å². The van der Waals surface area contributed by atoms with Gasteiger partial charge in [-0.05, 0) is 24.6 Å². The van der Waals surface area contributed by atoms with Crippen LogP contribution in [-0.4, -0.2) is 30.7 Å². The molecule has 0 aliphatic carbocycles. The summed E-state index contributed by atoms with van der Waals surface area (Å²) in [7, 11) is 3.41. The minimum atomic E-state index is -0.416. The summed E-state index contributed by atoms with van der Waals surface area (Å²) in [5, 5.41) is 0.